The number of amides is 1. The molecule has 1 amide bonds. The summed E-state index contributed by atoms with van der Waals surface area (Å²) < 4.78 is 5.12. The zero-order chi connectivity index (χ0) is 13.3. The van der Waals surface area contributed by atoms with Gasteiger partial charge in [-0.05, 0) is 45.4 Å². The summed E-state index contributed by atoms with van der Waals surface area (Å²) in [4.78, 5) is 25.6. The number of esters is 1. The molecule has 1 saturated carbocycles. The van der Waals surface area contributed by atoms with Crippen LogP contribution in [0.5, 0.6) is 0 Å². The largest absolute Gasteiger partial charge is 0.455 e. The van der Waals surface area contributed by atoms with Crippen molar-refractivity contribution in [2.75, 3.05) is 6.61 Å². The van der Waals surface area contributed by atoms with Gasteiger partial charge in [-0.3, -0.25) is 9.59 Å². The van der Waals surface area contributed by atoms with Gasteiger partial charge in [0.2, 0.25) is 0 Å². The first-order chi connectivity index (χ1) is 8.50. The fourth-order valence-corrected chi connectivity index (χ4v) is 2.88. The molecule has 4 atom stereocenters. The summed E-state index contributed by atoms with van der Waals surface area (Å²) in [5.74, 6) is 0.221. The van der Waals surface area contributed by atoms with Gasteiger partial charge in [0.1, 0.15) is 0 Å². The summed E-state index contributed by atoms with van der Waals surface area (Å²) in [5.41, 5.74) is 0. The van der Waals surface area contributed by atoms with E-state index in [0.29, 0.717) is 5.92 Å². The molecule has 0 unspecified atom stereocenters. The summed E-state index contributed by atoms with van der Waals surface area (Å²) in [7, 11) is 0. The van der Waals surface area contributed by atoms with Crippen molar-refractivity contribution < 1.29 is 14.3 Å². The second-order valence-electron chi connectivity index (χ2n) is 5.86. The highest BCUT2D eigenvalue weighted by atomic mass is 16.5. The lowest BCUT2D eigenvalue weighted by molar-refractivity contribution is -0.156. The molecule has 0 aromatic heterocycles. The molecule has 1 heterocycles. The van der Waals surface area contributed by atoms with Gasteiger partial charge in [-0.15, -0.1) is 0 Å². The van der Waals surface area contributed by atoms with Crippen LogP contribution in [0.3, 0.4) is 0 Å². The van der Waals surface area contributed by atoms with E-state index in [1.165, 1.54) is 6.42 Å². The van der Waals surface area contributed by atoms with Gasteiger partial charge in [0.05, 0.1) is 5.92 Å². The Morgan fingerprint density at radius 2 is 1.72 bits per heavy atom. The summed E-state index contributed by atoms with van der Waals surface area (Å²) in [6, 6.07) is 0.527. The van der Waals surface area contributed by atoms with Crippen LogP contribution in [0.1, 0.15) is 46.5 Å². The smallest absolute Gasteiger partial charge is 0.309 e. The van der Waals surface area contributed by atoms with Gasteiger partial charge in [0, 0.05) is 12.1 Å². The van der Waals surface area contributed by atoms with Gasteiger partial charge >= 0.3 is 5.97 Å². The number of piperidine rings is 1. The number of hydrogen-bond acceptors (Lipinski definition) is 3. The Morgan fingerprint density at radius 3 is 2.22 bits per heavy atom. The zero-order valence-electron chi connectivity index (χ0n) is 11.5. The Hall–Kier alpha value is -1.06. The highest BCUT2D eigenvalue weighted by molar-refractivity contribution is 5.82. The van der Waals surface area contributed by atoms with Crippen molar-refractivity contribution in [3.05, 3.63) is 0 Å². The molecule has 2 aliphatic rings. The fraction of sp³-hybridized carbons (Fsp3) is 0.857. The molecule has 0 N–H and O–H groups in total. The minimum Gasteiger partial charge on any atom is -0.455 e. The maximum absolute atomic E-state index is 12.1. The summed E-state index contributed by atoms with van der Waals surface area (Å²) >= 11 is 0. The number of nitrogens with zero attached hydrogens (tertiary/aromatic N) is 1. The van der Waals surface area contributed by atoms with E-state index in [-0.39, 0.29) is 36.5 Å². The summed E-state index contributed by atoms with van der Waals surface area (Å²) in [6.07, 6.45) is 4.17. The van der Waals surface area contributed by atoms with Crippen LogP contribution in [0.2, 0.25) is 0 Å². The Bertz CT molecular complexity index is 332. The minimum atomic E-state index is -0.201. The number of hydrogen-bond donors (Lipinski definition) is 0. The molecule has 0 spiro atoms. The lowest BCUT2D eigenvalue weighted by Gasteiger charge is -2.38. The Kier molecular flexibility index (Phi) is 3.93. The van der Waals surface area contributed by atoms with Crippen LogP contribution in [0.4, 0.5) is 0 Å². The van der Waals surface area contributed by atoms with Gasteiger partial charge in [0.15, 0.2) is 6.61 Å². The Balaban J connectivity index is 1.81. The highest BCUT2D eigenvalue weighted by Gasteiger charge is 2.41. The van der Waals surface area contributed by atoms with Crippen LogP contribution in [-0.4, -0.2) is 35.5 Å². The van der Waals surface area contributed by atoms with Crippen molar-refractivity contribution in [1.82, 2.24) is 4.90 Å². The van der Waals surface area contributed by atoms with E-state index in [9.17, 15) is 9.59 Å². The lowest BCUT2D eigenvalue weighted by Crippen LogP contribution is -2.49. The SMILES string of the molecule is C[C@@H]1C[C@@H]1C(=O)OCC(=O)N1[C@H](C)CCC[C@@H]1C. The molecular formula is C14H23NO3. The van der Waals surface area contributed by atoms with E-state index < -0.39 is 0 Å². The van der Waals surface area contributed by atoms with Crippen LogP contribution in [0.15, 0.2) is 0 Å². The first-order valence-corrected chi connectivity index (χ1v) is 6.98. The number of ether oxygens (including phenoxy) is 1. The number of carbonyl (C=O) groups excluding carboxylic acids is 2. The molecule has 2 rings (SSSR count). The van der Waals surface area contributed by atoms with E-state index in [1.807, 2.05) is 11.8 Å². The normalized spacial score (nSPS) is 35.2. The fourth-order valence-electron chi connectivity index (χ4n) is 2.88. The maximum atomic E-state index is 12.1. The maximum Gasteiger partial charge on any atom is 0.309 e. The van der Waals surface area contributed by atoms with Gasteiger partial charge in [-0.2, -0.15) is 0 Å². The predicted molar refractivity (Wildman–Crippen MR) is 67.9 cm³/mol. The van der Waals surface area contributed by atoms with Crippen molar-refractivity contribution >= 4 is 11.9 Å². The quantitative estimate of drug-likeness (QED) is 0.722. The number of likely N-dealkylation sites (tertiary alicyclic amines) is 1. The second-order valence-corrected chi connectivity index (χ2v) is 5.86. The number of carbonyl (C=O) groups is 2. The average molecular weight is 253 g/mol. The van der Waals surface area contributed by atoms with E-state index in [4.69, 9.17) is 4.74 Å². The lowest BCUT2D eigenvalue weighted by atomic mass is 9.97. The highest BCUT2D eigenvalue weighted by Crippen LogP contribution is 2.38. The molecule has 1 aliphatic heterocycles. The van der Waals surface area contributed by atoms with Crippen molar-refractivity contribution in [2.45, 2.75) is 58.5 Å². The molecule has 0 bridgehead atoms. The van der Waals surface area contributed by atoms with Crippen LogP contribution in [0, 0.1) is 11.8 Å². The monoisotopic (exact) mass is 253 g/mol. The van der Waals surface area contributed by atoms with Crippen molar-refractivity contribution in [2.24, 2.45) is 11.8 Å². The summed E-state index contributed by atoms with van der Waals surface area (Å²) in [5, 5.41) is 0. The Morgan fingerprint density at radius 1 is 1.17 bits per heavy atom. The third-order valence-corrected chi connectivity index (χ3v) is 4.23. The molecule has 4 heteroatoms. The van der Waals surface area contributed by atoms with Crippen LogP contribution in [0.25, 0.3) is 0 Å². The van der Waals surface area contributed by atoms with Crippen LogP contribution >= 0.6 is 0 Å². The topological polar surface area (TPSA) is 46.6 Å². The van der Waals surface area contributed by atoms with Gasteiger partial charge in [-0.25, -0.2) is 0 Å². The molecule has 1 saturated heterocycles. The summed E-state index contributed by atoms with van der Waals surface area (Å²) in [6.45, 7) is 6.08. The average Bonchev–Trinajstić information content (AvgIpc) is 3.03. The molecule has 1 aliphatic carbocycles. The van der Waals surface area contributed by atoms with E-state index >= 15 is 0 Å². The zero-order valence-corrected chi connectivity index (χ0v) is 11.5. The van der Waals surface area contributed by atoms with Gasteiger partial charge in [-0.1, -0.05) is 6.92 Å². The third kappa shape index (κ3) is 2.85. The van der Waals surface area contributed by atoms with E-state index in [2.05, 4.69) is 13.8 Å². The second kappa shape index (κ2) is 5.29. The molecule has 0 aromatic carbocycles. The van der Waals surface area contributed by atoms with Gasteiger partial charge < -0.3 is 9.64 Å². The van der Waals surface area contributed by atoms with Crippen molar-refractivity contribution in [3.8, 4) is 0 Å². The molecule has 2 fully saturated rings. The molecular weight excluding hydrogens is 230 g/mol. The molecule has 102 valence electrons. The standard InChI is InChI=1S/C14H23NO3/c1-9-7-12(9)14(17)18-8-13(16)15-10(2)5-4-6-11(15)3/h9-12H,4-8H2,1-3H3/t9-,10-,11+,12+/m1/s1. The third-order valence-electron chi connectivity index (χ3n) is 4.23. The number of rotatable bonds is 3. The van der Waals surface area contributed by atoms with E-state index in [0.717, 1.165) is 19.3 Å². The molecule has 0 radical (unpaired) electrons. The van der Waals surface area contributed by atoms with Gasteiger partial charge in [0.25, 0.3) is 5.91 Å². The van der Waals surface area contributed by atoms with Crippen molar-refractivity contribution in [3.63, 3.8) is 0 Å². The van der Waals surface area contributed by atoms with Crippen molar-refractivity contribution in [1.29, 1.82) is 0 Å². The molecule has 0 aromatic rings. The van der Waals surface area contributed by atoms with Crippen LogP contribution in [-0.2, 0) is 14.3 Å². The van der Waals surface area contributed by atoms with Crippen LogP contribution < -0.4 is 0 Å². The Labute approximate surface area is 109 Å². The minimum absolute atomic E-state index is 0.0361. The first kappa shape index (κ1) is 13.4. The predicted octanol–water partition coefficient (Wildman–Crippen LogP) is 1.98. The first-order valence-electron chi connectivity index (χ1n) is 6.98. The molecule has 18 heavy (non-hydrogen) atoms. The molecule has 4 nitrogen and oxygen atoms in total. The van der Waals surface area contributed by atoms with E-state index in [1.54, 1.807) is 0 Å².